The Kier molecular flexibility index (Phi) is 5.29. The first-order chi connectivity index (χ1) is 12.6. The van der Waals surface area contributed by atoms with E-state index < -0.39 is 5.97 Å². The topological polar surface area (TPSA) is 70.9 Å². The van der Waals surface area contributed by atoms with Crippen LogP contribution in [0.1, 0.15) is 21.5 Å². The number of benzene rings is 3. The first-order valence-corrected chi connectivity index (χ1v) is 8.08. The Morgan fingerprint density at radius 2 is 1.58 bits per heavy atom. The van der Waals surface area contributed by atoms with Crippen molar-refractivity contribution in [3.05, 3.63) is 89.5 Å². The number of hydrogen-bond donors (Lipinski definition) is 2. The highest BCUT2D eigenvalue weighted by Crippen LogP contribution is 2.21. The van der Waals surface area contributed by atoms with Crippen LogP contribution in [0.3, 0.4) is 0 Å². The number of carbonyl (C=O) groups is 1. The molecule has 0 aliphatic carbocycles. The molecular weight excluding hydrogens is 328 g/mol. The Bertz CT molecular complexity index is 917. The minimum atomic E-state index is -0.999. The van der Waals surface area contributed by atoms with E-state index >= 15 is 0 Å². The Morgan fingerprint density at radius 3 is 2.23 bits per heavy atom. The molecule has 26 heavy (non-hydrogen) atoms. The van der Waals surface area contributed by atoms with Crippen LogP contribution in [0.5, 0.6) is 11.5 Å². The fourth-order valence-electron chi connectivity index (χ4n) is 2.31. The van der Waals surface area contributed by atoms with E-state index in [0.29, 0.717) is 5.69 Å². The van der Waals surface area contributed by atoms with Crippen LogP contribution in [0.4, 0.5) is 5.69 Å². The average Bonchev–Trinajstić information content (AvgIpc) is 2.65. The second-order valence-corrected chi connectivity index (χ2v) is 5.70. The van der Waals surface area contributed by atoms with Gasteiger partial charge in [-0.15, -0.1) is 0 Å². The number of anilines is 1. The number of nitrogens with one attached hydrogen (secondary N) is 1. The lowest BCUT2D eigenvalue weighted by atomic mass is 10.2. The lowest BCUT2D eigenvalue weighted by Gasteiger charge is -2.06. The summed E-state index contributed by atoms with van der Waals surface area (Å²) in [6, 6.07) is 21.9. The normalized spacial score (nSPS) is 10.7. The number of nitrogens with zero attached hydrogens (tertiary/aromatic N) is 1. The molecule has 0 saturated heterocycles. The molecule has 0 unspecified atom stereocenters. The van der Waals surface area contributed by atoms with Crippen molar-refractivity contribution >= 4 is 17.9 Å². The molecule has 0 radical (unpaired) electrons. The molecule has 130 valence electrons. The predicted octanol–water partition coefficient (Wildman–Crippen LogP) is 4.93. The van der Waals surface area contributed by atoms with Gasteiger partial charge in [-0.25, -0.2) is 4.79 Å². The fourth-order valence-corrected chi connectivity index (χ4v) is 2.31. The third-order valence-electron chi connectivity index (χ3n) is 3.69. The van der Waals surface area contributed by atoms with Gasteiger partial charge in [0.15, 0.2) is 0 Å². The van der Waals surface area contributed by atoms with E-state index in [0.717, 1.165) is 17.1 Å². The largest absolute Gasteiger partial charge is 0.478 e. The number of carboxylic acid groups (broad SMARTS) is 1. The van der Waals surface area contributed by atoms with Crippen molar-refractivity contribution in [3.8, 4) is 11.5 Å². The van der Waals surface area contributed by atoms with Crippen molar-refractivity contribution in [1.82, 2.24) is 0 Å². The number of para-hydroxylation sites is 1. The van der Waals surface area contributed by atoms with Gasteiger partial charge in [0.2, 0.25) is 0 Å². The first kappa shape index (κ1) is 17.2. The molecule has 0 spiro atoms. The molecule has 3 aromatic carbocycles. The summed E-state index contributed by atoms with van der Waals surface area (Å²) in [6.45, 7) is 2.03. The van der Waals surface area contributed by atoms with Gasteiger partial charge < -0.3 is 9.84 Å². The monoisotopic (exact) mass is 346 g/mol. The number of rotatable bonds is 6. The summed E-state index contributed by atoms with van der Waals surface area (Å²) in [5.74, 6) is 0.514. The minimum Gasteiger partial charge on any atom is -0.478 e. The van der Waals surface area contributed by atoms with Gasteiger partial charge in [0.1, 0.15) is 11.5 Å². The number of aryl methyl sites for hydroxylation is 1. The van der Waals surface area contributed by atoms with Crippen LogP contribution in [0.25, 0.3) is 0 Å². The molecule has 2 N–H and O–H groups in total. The second kappa shape index (κ2) is 7.98. The summed E-state index contributed by atoms with van der Waals surface area (Å²) < 4.78 is 5.78. The number of carboxylic acids is 1. The Hall–Kier alpha value is -3.60. The summed E-state index contributed by atoms with van der Waals surface area (Å²) in [7, 11) is 0. The zero-order valence-electron chi connectivity index (χ0n) is 14.2. The van der Waals surface area contributed by atoms with Gasteiger partial charge in [0, 0.05) is 0 Å². The molecule has 5 nitrogen and oxygen atoms in total. The molecule has 0 fully saturated rings. The van der Waals surface area contributed by atoms with E-state index in [9.17, 15) is 4.79 Å². The summed E-state index contributed by atoms with van der Waals surface area (Å²) in [5, 5.41) is 13.2. The van der Waals surface area contributed by atoms with Crippen molar-refractivity contribution < 1.29 is 14.6 Å². The van der Waals surface area contributed by atoms with Crippen LogP contribution in [-0.4, -0.2) is 17.3 Å². The molecule has 0 aliphatic heterocycles. The predicted molar refractivity (Wildman–Crippen MR) is 102 cm³/mol. The lowest BCUT2D eigenvalue weighted by molar-refractivity contribution is 0.0698. The molecule has 0 bridgehead atoms. The van der Waals surface area contributed by atoms with Crippen molar-refractivity contribution in [2.45, 2.75) is 6.92 Å². The van der Waals surface area contributed by atoms with E-state index in [1.165, 1.54) is 11.6 Å². The maximum Gasteiger partial charge on any atom is 0.337 e. The van der Waals surface area contributed by atoms with Gasteiger partial charge in [0.05, 0.1) is 17.5 Å². The van der Waals surface area contributed by atoms with Gasteiger partial charge in [0.25, 0.3) is 0 Å². The molecule has 0 amide bonds. The summed E-state index contributed by atoms with van der Waals surface area (Å²) in [4.78, 5) is 11.2. The van der Waals surface area contributed by atoms with Crippen molar-refractivity contribution in [1.29, 1.82) is 0 Å². The maximum atomic E-state index is 11.2. The Balaban J connectivity index is 1.63. The zero-order chi connectivity index (χ0) is 18.4. The molecule has 0 atom stereocenters. The quantitative estimate of drug-likeness (QED) is 0.490. The lowest BCUT2D eigenvalue weighted by Crippen LogP contribution is -2.02. The zero-order valence-corrected chi connectivity index (χ0v) is 14.2. The van der Waals surface area contributed by atoms with Gasteiger partial charge >= 0.3 is 5.97 Å². The van der Waals surface area contributed by atoms with Crippen LogP contribution in [0, 0.1) is 6.92 Å². The highest BCUT2D eigenvalue weighted by atomic mass is 16.5. The van der Waals surface area contributed by atoms with E-state index in [1.54, 1.807) is 24.4 Å². The number of aromatic carboxylic acids is 1. The van der Waals surface area contributed by atoms with Crippen molar-refractivity contribution in [3.63, 3.8) is 0 Å². The number of hydrazone groups is 1. The molecule has 3 rings (SSSR count). The molecule has 3 aromatic rings. The van der Waals surface area contributed by atoms with Gasteiger partial charge in [-0.2, -0.15) is 5.10 Å². The average molecular weight is 346 g/mol. The van der Waals surface area contributed by atoms with E-state index in [2.05, 4.69) is 10.5 Å². The first-order valence-electron chi connectivity index (χ1n) is 8.08. The summed E-state index contributed by atoms with van der Waals surface area (Å²) in [6.07, 6.45) is 1.62. The molecule has 0 heterocycles. The SMILES string of the molecule is Cc1ccc(Oc2ccc(C=NNc3ccccc3C(=O)O)cc2)cc1. The smallest absolute Gasteiger partial charge is 0.337 e. The molecule has 0 aromatic heterocycles. The minimum absolute atomic E-state index is 0.173. The maximum absolute atomic E-state index is 11.2. The van der Waals surface area contributed by atoms with E-state index in [-0.39, 0.29) is 5.56 Å². The summed E-state index contributed by atoms with van der Waals surface area (Å²) >= 11 is 0. The molecule has 5 heteroatoms. The highest BCUT2D eigenvalue weighted by molar-refractivity contribution is 5.94. The third-order valence-corrected chi connectivity index (χ3v) is 3.69. The standard InChI is InChI=1S/C21H18N2O3/c1-15-6-10-17(11-7-15)26-18-12-8-16(9-13-18)14-22-23-20-5-3-2-4-19(20)21(24)25/h2-14,23H,1H3,(H,24,25). The summed E-state index contributed by atoms with van der Waals surface area (Å²) in [5.41, 5.74) is 5.42. The van der Waals surface area contributed by atoms with Gasteiger partial charge in [-0.05, 0) is 61.0 Å². The highest BCUT2D eigenvalue weighted by Gasteiger charge is 2.07. The Morgan fingerprint density at radius 1 is 0.962 bits per heavy atom. The Labute approximate surface area is 151 Å². The number of ether oxygens (including phenoxy) is 1. The molecule has 0 aliphatic rings. The molecular formula is C21H18N2O3. The van der Waals surface area contributed by atoms with Crippen LogP contribution in [-0.2, 0) is 0 Å². The van der Waals surface area contributed by atoms with Crippen LogP contribution >= 0.6 is 0 Å². The van der Waals surface area contributed by atoms with Crippen molar-refractivity contribution in [2.24, 2.45) is 5.10 Å². The van der Waals surface area contributed by atoms with Gasteiger partial charge in [-0.1, -0.05) is 29.8 Å². The van der Waals surface area contributed by atoms with Crippen LogP contribution in [0.15, 0.2) is 77.9 Å². The van der Waals surface area contributed by atoms with Crippen LogP contribution < -0.4 is 10.2 Å². The van der Waals surface area contributed by atoms with Crippen molar-refractivity contribution in [2.75, 3.05) is 5.43 Å². The van der Waals surface area contributed by atoms with Crippen LogP contribution in [0.2, 0.25) is 0 Å². The van der Waals surface area contributed by atoms with Gasteiger partial charge in [-0.3, -0.25) is 5.43 Å². The number of hydrogen-bond acceptors (Lipinski definition) is 4. The molecule has 0 saturated carbocycles. The second-order valence-electron chi connectivity index (χ2n) is 5.70. The van der Waals surface area contributed by atoms with E-state index in [4.69, 9.17) is 9.84 Å². The fraction of sp³-hybridized carbons (Fsp3) is 0.0476. The van der Waals surface area contributed by atoms with E-state index in [1.807, 2.05) is 55.5 Å². The third kappa shape index (κ3) is 4.48.